The van der Waals surface area contributed by atoms with Crippen LogP contribution in [0.25, 0.3) is 0 Å². The first-order chi connectivity index (χ1) is 37.5. The van der Waals surface area contributed by atoms with E-state index in [2.05, 4.69) is 106 Å². The minimum atomic E-state index is -0.784. The Morgan fingerprint density at radius 2 is 0.513 bits per heavy atom. The number of esters is 3. The summed E-state index contributed by atoms with van der Waals surface area (Å²) in [6.45, 7) is 6.53. The first-order valence-corrected chi connectivity index (χ1v) is 32.6. The zero-order valence-corrected chi connectivity index (χ0v) is 50.3. The van der Waals surface area contributed by atoms with Crippen LogP contribution in [0.3, 0.4) is 0 Å². The van der Waals surface area contributed by atoms with E-state index in [9.17, 15) is 14.4 Å². The van der Waals surface area contributed by atoms with Gasteiger partial charge in [0.05, 0.1) is 0 Å². The molecule has 0 aliphatic heterocycles. The summed E-state index contributed by atoms with van der Waals surface area (Å²) in [6, 6.07) is 0. The standard InChI is InChI=1S/C70H122O6/c1-4-7-10-13-16-19-22-25-27-29-31-33-34-35-36-38-39-41-43-45-48-51-54-57-60-63-69(72)75-66-67(65-74-68(71)62-59-56-53-50-47-24-21-18-15-12-9-6-3)76-70(73)64-61-58-55-52-49-46-44-42-40-37-32-30-28-26-23-20-17-14-11-8-5-2/h7,10,16,19,23,25-27,30-33,40,42,67H,4-6,8-9,11-15,17-18,20-22,24,28-29,34-39,41,43-66H2,1-3H3/b10-7-,19-16-,26-23-,27-25-,32-30-,33-31-,42-40-. The summed E-state index contributed by atoms with van der Waals surface area (Å²) >= 11 is 0. The van der Waals surface area contributed by atoms with Gasteiger partial charge in [0.1, 0.15) is 13.2 Å². The monoisotopic (exact) mass is 1060 g/mol. The van der Waals surface area contributed by atoms with Gasteiger partial charge in [-0.1, -0.05) is 292 Å². The van der Waals surface area contributed by atoms with Gasteiger partial charge in [0.15, 0.2) is 6.10 Å². The molecule has 0 saturated carbocycles. The smallest absolute Gasteiger partial charge is 0.306 e. The van der Waals surface area contributed by atoms with Crippen LogP contribution in [0, 0.1) is 0 Å². The molecule has 0 N–H and O–H groups in total. The average molecular weight is 1060 g/mol. The van der Waals surface area contributed by atoms with E-state index >= 15 is 0 Å². The van der Waals surface area contributed by atoms with Gasteiger partial charge in [-0.15, -0.1) is 0 Å². The van der Waals surface area contributed by atoms with Crippen LogP contribution in [-0.4, -0.2) is 37.2 Å². The molecule has 0 radical (unpaired) electrons. The van der Waals surface area contributed by atoms with E-state index in [1.54, 1.807) is 0 Å². The molecule has 1 unspecified atom stereocenters. The Morgan fingerprint density at radius 3 is 0.803 bits per heavy atom. The lowest BCUT2D eigenvalue weighted by molar-refractivity contribution is -0.167. The van der Waals surface area contributed by atoms with Gasteiger partial charge in [0, 0.05) is 19.3 Å². The topological polar surface area (TPSA) is 78.9 Å². The third-order valence-corrected chi connectivity index (χ3v) is 14.1. The predicted octanol–water partition coefficient (Wildman–Crippen LogP) is 22.3. The molecule has 0 aliphatic rings. The molecule has 0 fully saturated rings. The van der Waals surface area contributed by atoms with Gasteiger partial charge in [-0.2, -0.15) is 0 Å². The van der Waals surface area contributed by atoms with Crippen LogP contribution in [-0.2, 0) is 28.6 Å². The largest absolute Gasteiger partial charge is 0.462 e. The van der Waals surface area contributed by atoms with E-state index in [1.165, 1.54) is 173 Å². The van der Waals surface area contributed by atoms with E-state index in [-0.39, 0.29) is 31.1 Å². The zero-order chi connectivity index (χ0) is 55.0. The minimum absolute atomic E-state index is 0.0792. The van der Waals surface area contributed by atoms with Crippen molar-refractivity contribution < 1.29 is 28.6 Å². The number of rotatable bonds is 59. The van der Waals surface area contributed by atoms with Crippen molar-refractivity contribution in [3.8, 4) is 0 Å². The molecule has 0 saturated heterocycles. The van der Waals surface area contributed by atoms with Crippen molar-refractivity contribution in [3.63, 3.8) is 0 Å². The summed E-state index contributed by atoms with van der Waals surface area (Å²) < 4.78 is 16.9. The molecule has 0 spiro atoms. The highest BCUT2D eigenvalue weighted by atomic mass is 16.6. The summed E-state index contributed by atoms with van der Waals surface area (Å²) in [6.07, 6.45) is 84.4. The Bertz CT molecular complexity index is 1450. The predicted molar refractivity (Wildman–Crippen MR) is 330 cm³/mol. The number of carbonyl (C=O) groups excluding carboxylic acids is 3. The zero-order valence-electron chi connectivity index (χ0n) is 50.3. The van der Waals surface area contributed by atoms with Crippen molar-refractivity contribution in [1.82, 2.24) is 0 Å². The van der Waals surface area contributed by atoms with Crippen LogP contribution in [0.5, 0.6) is 0 Å². The highest BCUT2D eigenvalue weighted by molar-refractivity contribution is 5.71. The molecule has 0 aromatic rings. The van der Waals surface area contributed by atoms with Gasteiger partial charge in [-0.05, 0) is 96.3 Å². The summed E-state index contributed by atoms with van der Waals surface area (Å²) in [7, 11) is 0. The maximum absolute atomic E-state index is 12.9. The SMILES string of the molecule is CC/C=C\C/C=C\C/C=C\C/C=C\CCCCCCCCCCCCCCC(=O)OCC(COC(=O)CCCCCCCCCCCCCC)OC(=O)CCCCCCCC/C=C\C/C=C\C/C=C\CCCCCCC. The molecule has 1 atom stereocenters. The van der Waals surface area contributed by atoms with Crippen LogP contribution in [0.1, 0.15) is 323 Å². The lowest BCUT2D eigenvalue weighted by atomic mass is 10.0. The summed E-state index contributed by atoms with van der Waals surface area (Å²) in [4.78, 5) is 38.3. The fourth-order valence-electron chi connectivity index (χ4n) is 9.27. The van der Waals surface area contributed by atoms with E-state index < -0.39 is 6.10 Å². The molecule has 0 heterocycles. The second-order valence-corrected chi connectivity index (χ2v) is 21.6. The number of hydrogen-bond donors (Lipinski definition) is 0. The second kappa shape index (κ2) is 64.1. The molecule has 6 heteroatoms. The van der Waals surface area contributed by atoms with Crippen molar-refractivity contribution in [1.29, 1.82) is 0 Å². The van der Waals surface area contributed by atoms with Gasteiger partial charge in [0.25, 0.3) is 0 Å². The van der Waals surface area contributed by atoms with E-state index in [0.717, 1.165) is 109 Å². The van der Waals surface area contributed by atoms with Gasteiger partial charge < -0.3 is 14.2 Å². The molecular formula is C70H122O6. The number of allylic oxidation sites excluding steroid dienone is 14. The molecule has 0 aliphatic carbocycles. The maximum atomic E-state index is 12.9. The molecule has 0 aromatic heterocycles. The van der Waals surface area contributed by atoms with Crippen LogP contribution in [0.4, 0.5) is 0 Å². The fraction of sp³-hybridized carbons (Fsp3) is 0.757. The van der Waals surface area contributed by atoms with E-state index in [1.807, 2.05) is 0 Å². The third kappa shape index (κ3) is 61.4. The first kappa shape index (κ1) is 72.6. The number of carbonyl (C=O) groups is 3. The van der Waals surface area contributed by atoms with E-state index in [0.29, 0.717) is 19.3 Å². The Morgan fingerprint density at radius 1 is 0.276 bits per heavy atom. The van der Waals surface area contributed by atoms with Crippen LogP contribution in [0.2, 0.25) is 0 Å². The highest BCUT2D eigenvalue weighted by Gasteiger charge is 2.19. The Labute approximate surface area is 471 Å². The first-order valence-electron chi connectivity index (χ1n) is 32.6. The molecule has 0 amide bonds. The molecule has 0 rings (SSSR count). The third-order valence-electron chi connectivity index (χ3n) is 14.1. The van der Waals surface area contributed by atoms with Gasteiger partial charge in [0.2, 0.25) is 0 Å². The number of ether oxygens (including phenoxy) is 3. The molecular weight excluding hydrogens is 937 g/mol. The fourth-order valence-corrected chi connectivity index (χ4v) is 9.27. The second-order valence-electron chi connectivity index (χ2n) is 21.6. The van der Waals surface area contributed by atoms with Gasteiger partial charge in [-0.3, -0.25) is 14.4 Å². The highest BCUT2D eigenvalue weighted by Crippen LogP contribution is 2.16. The lowest BCUT2D eigenvalue weighted by Crippen LogP contribution is -2.30. The molecule has 76 heavy (non-hydrogen) atoms. The minimum Gasteiger partial charge on any atom is -0.462 e. The van der Waals surface area contributed by atoms with Crippen molar-refractivity contribution in [2.75, 3.05) is 13.2 Å². The molecule has 438 valence electrons. The van der Waals surface area contributed by atoms with Crippen molar-refractivity contribution in [2.24, 2.45) is 0 Å². The molecule has 6 nitrogen and oxygen atoms in total. The maximum Gasteiger partial charge on any atom is 0.306 e. The Balaban J connectivity index is 4.31. The van der Waals surface area contributed by atoms with Crippen molar-refractivity contribution in [2.45, 2.75) is 329 Å². The van der Waals surface area contributed by atoms with E-state index in [4.69, 9.17) is 14.2 Å². The normalized spacial score (nSPS) is 12.6. The molecule has 0 aromatic carbocycles. The number of unbranched alkanes of at least 4 members (excludes halogenated alkanes) is 34. The van der Waals surface area contributed by atoms with Crippen LogP contribution < -0.4 is 0 Å². The Hall–Kier alpha value is -3.41. The lowest BCUT2D eigenvalue weighted by Gasteiger charge is -2.18. The summed E-state index contributed by atoms with van der Waals surface area (Å²) in [5, 5.41) is 0. The van der Waals surface area contributed by atoms with Gasteiger partial charge >= 0.3 is 17.9 Å². The van der Waals surface area contributed by atoms with Crippen LogP contribution in [0.15, 0.2) is 85.1 Å². The average Bonchev–Trinajstić information content (AvgIpc) is 3.42. The molecule has 0 bridgehead atoms. The summed E-state index contributed by atoms with van der Waals surface area (Å²) in [5.41, 5.74) is 0. The quantitative estimate of drug-likeness (QED) is 0.0261. The van der Waals surface area contributed by atoms with Crippen molar-refractivity contribution >= 4 is 17.9 Å². The Kier molecular flexibility index (Phi) is 61.2. The van der Waals surface area contributed by atoms with Crippen molar-refractivity contribution in [3.05, 3.63) is 85.1 Å². The number of hydrogen-bond acceptors (Lipinski definition) is 6. The van der Waals surface area contributed by atoms with Crippen LogP contribution >= 0.6 is 0 Å². The summed E-state index contributed by atoms with van der Waals surface area (Å²) in [5.74, 6) is -0.880. The van der Waals surface area contributed by atoms with Gasteiger partial charge in [-0.25, -0.2) is 0 Å².